The predicted molar refractivity (Wildman–Crippen MR) is 84.8 cm³/mol. The summed E-state index contributed by atoms with van der Waals surface area (Å²) in [6.45, 7) is 0.530. The molecule has 5 nitrogen and oxygen atoms in total. The van der Waals surface area contributed by atoms with E-state index in [-0.39, 0.29) is 11.4 Å². The van der Waals surface area contributed by atoms with Crippen molar-refractivity contribution in [2.24, 2.45) is 0 Å². The van der Waals surface area contributed by atoms with Gasteiger partial charge in [0.15, 0.2) is 11.5 Å². The van der Waals surface area contributed by atoms with Crippen molar-refractivity contribution in [1.82, 2.24) is 19.5 Å². The average Bonchev–Trinajstić information content (AvgIpc) is 2.96. The van der Waals surface area contributed by atoms with Gasteiger partial charge in [-0.1, -0.05) is 12.1 Å². The first-order chi connectivity index (χ1) is 11.2. The Labute approximate surface area is 129 Å². The van der Waals surface area contributed by atoms with Gasteiger partial charge in [-0.25, -0.2) is 14.4 Å². The topological polar surface area (TPSA) is 63.6 Å². The smallest absolute Gasteiger partial charge is 0.263 e. The maximum Gasteiger partial charge on any atom is 0.263 e. The molecule has 0 fully saturated rings. The number of aromatic amines is 1. The summed E-state index contributed by atoms with van der Waals surface area (Å²) in [5.41, 5.74) is 2.47. The molecule has 112 valence electrons. The molecule has 6 heteroatoms. The number of nitrogens with zero attached hydrogens (tertiary/aromatic N) is 3. The molecule has 0 atom stereocenters. The van der Waals surface area contributed by atoms with Crippen LogP contribution in [0.2, 0.25) is 0 Å². The molecule has 23 heavy (non-hydrogen) atoms. The Morgan fingerprint density at radius 3 is 2.96 bits per heavy atom. The van der Waals surface area contributed by atoms with Crippen LogP contribution in [0.3, 0.4) is 0 Å². The van der Waals surface area contributed by atoms with Crippen molar-refractivity contribution in [3.8, 4) is 11.5 Å². The largest absolute Gasteiger partial charge is 0.349 e. The minimum atomic E-state index is -0.301. The van der Waals surface area contributed by atoms with Gasteiger partial charge in [-0.3, -0.25) is 9.36 Å². The van der Waals surface area contributed by atoms with E-state index in [4.69, 9.17) is 0 Å². The van der Waals surface area contributed by atoms with Crippen molar-refractivity contribution in [3.63, 3.8) is 0 Å². The molecule has 3 aromatic heterocycles. The van der Waals surface area contributed by atoms with Crippen LogP contribution in [0.5, 0.6) is 0 Å². The molecule has 4 heterocycles. The van der Waals surface area contributed by atoms with Crippen LogP contribution in [0, 0.1) is 5.82 Å². The Hall–Kier alpha value is -3.02. The number of fused-ring (bicyclic) bond motifs is 6. The van der Waals surface area contributed by atoms with Crippen LogP contribution < -0.4 is 5.56 Å². The number of hydrogen-bond donors (Lipinski definition) is 1. The van der Waals surface area contributed by atoms with E-state index < -0.39 is 0 Å². The molecule has 4 aromatic rings. The summed E-state index contributed by atoms with van der Waals surface area (Å²) in [5.74, 6) is 0.225. The summed E-state index contributed by atoms with van der Waals surface area (Å²) >= 11 is 0. The standard InChI is InChI=1S/C17H11FN4O/c18-12-5-1-3-9-10-6-8-22-16(14(10)20-13(9)12)21-15-11(17(22)23)4-2-7-19-15/h1-5,7,20H,6,8H2. The molecule has 0 saturated carbocycles. The summed E-state index contributed by atoms with van der Waals surface area (Å²) in [5, 5.41) is 1.35. The predicted octanol–water partition coefficient (Wildman–Crippen LogP) is 2.64. The van der Waals surface area contributed by atoms with E-state index in [1.54, 1.807) is 29.0 Å². The van der Waals surface area contributed by atoms with Crippen molar-refractivity contribution in [1.29, 1.82) is 0 Å². The molecular formula is C17H11FN4O. The van der Waals surface area contributed by atoms with E-state index in [0.717, 1.165) is 10.9 Å². The highest BCUT2D eigenvalue weighted by atomic mass is 19.1. The second-order valence-corrected chi connectivity index (χ2v) is 5.66. The highest BCUT2D eigenvalue weighted by molar-refractivity contribution is 5.91. The van der Waals surface area contributed by atoms with Crippen LogP contribution in [0.4, 0.5) is 4.39 Å². The summed E-state index contributed by atoms with van der Waals surface area (Å²) < 4.78 is 15.7. The zero-order valence-corrected chi connectivity index (χ0v) is 12.0. The van der Waals surface area contributed by atoms with Crippen molar-refractivity contribution in [2.45, 2.75) is 13.0 Å². The number of nitrogens with one attached hydrogen (secondary N) is 1. The van der Waals surface area contributed by atoms with Gasteiger partial charge >= 0.3 is 0 Å². The van der Waals surface area contributed by atoms with Gasteiger partial charge in [-0.15, -0.1) is 0 Å². The second-order valence-electron chi connectivity index (χ2n) is 5.66. The number of halogens is 1. The molecule has 0 radical (unpaired) electrons. The van der Waals surface area contributed by atoms with Gasteiger partial charge < -0.3 is 4.98 Å². The summed E-state index contributed by atoms with van der Waals surface area (Å²) in [6.07, 6.45) is 2.28. The van der Waals surface area contributed by atoms with Gasteiger partial charge in [0.25, 0.3) is 5.56 Å². The fourth-order valence-corrected chi connectivity index (χ4v) is 3.37. The zero-order valence-electron chi connectivity index (χ0n) is 12.0. The van der Waals surface area contributed by atoms with E-state index in [1.165, 1.54) is 6.07 Å². The number of aromatic nitrogens is 4. The van der Waals surface area contributed by atoms with Crippen LogP contribution in [0.1, 0.15) is 5.56 Å². The highest BCUT2D eigenvalue weighted by Gasteiger charge is 2.24. The van der Waals surface area contributed by atoms with E-state index in [2.05, 4.69) is 15.0 Å². The van der Waals surface area contributed by atoms with Crippen LogP contribution in [-0.4, -0.2) is 19.5 Å². The highest BCUT2D eigenvalue weighted by Crippen LogP contribution is 2.34. The molecule has 0 saturated heterocycles. The van der Waals surface area contributed by atoms with Gasteiger partial charge in [0.1, 0.15) is 5.82 Å². The Kier molecular flexibility index (Phi) is 2.31. The Morgan fingerprint density at radius 1 is 1.17 bits per heavy atom. The van der Waals surface area contributed by atoms with Gasteiger partial charge in [0, 0.05) is 18.1 Å². The zero-order chi connectivity index (χ0) is 15.6. The maximum atomic E-state index is 14.0. The Balaban J connectivity index is 1.93. The van der Waals surface area contributed by atoms with Crippen LogP contribution >= 0.6 is 0 Å². The number of pyridine rings is 1. The Morgan fingerprint density at radius 2 is 2.04 bits per heavy atom. The van der Waals surface area contributed by atoms with E-state index in [0.29, 0.717) is 41.0 Å². The Bertz CT molecular complexity index is 1160. The van der Waals surface area contributed by atoms with Crippen LogP contribution in [-0.2, 0) is 13.0 Å². The lowest BCUT2D eigenvalue weighted by Crippen LogP contribution is -2.27. The van der Waals surface area contributed by atoms with Crippen molar-refractivity contribution >= 4 is 21.9 Å². The first kappa shape index (κ1) is 12.5. The summed E-state index contributed by atoms with van der Waals surface area (Å²) in [4.78, 5) is 24.5. The molecular weight excluding hydrogens is 295 g/mol. The molecule has 0 amide bonds. The van der Waals surface area contributed by atoms with Gasteiger partial charge in [0.05, 0.1) is 16.6 Å². The molecule has 0 spiro atoms. The molecule has 5 rings (SSSR count). The van der Waals surface area contributed by atoms with Gasteiger partial charge in [0.2, 0.25) is 0 Å². The third kappa shape index (κ3) is 1.57. The number of benzene rings is 1. The van der Waals surface area contributed by atoms with Crippen molar-refractivity contribution < 1.29 is 4.39 Å². The van der Waals surface area contributed by atoms with Crippen molar-refractivity contribution in [3.05, 3.63) is 58.3 Å². The van der Waals surface area contributed by atoms with E-state index in [9.17, 15) is 9.18 Å². The van der Waals surface area contributed by atoms with E-state index >= 15 is 0 Å². The number of rotatable bonds is 0. The monoisotopic (exact) mass is 306 g/mol. The molecule has 1 aliphatic heterocycles. The number of para-hydroxylation sites is 1. The maximum absolute atomic E-state index is 14.0. The fraction of sp³-hybridized carbons (Fsp3) is 0.118. The molecule has 1 aliphatic rings. The minimum absolute atomic E-state index is 0.108. The first-order valence-corrected chi connectivity index (χ1v) is 7.39. The SMILES string of the molecule is O=c1c2cccnc2nc2n1CCc1c-2[nH]c2c(F)cccc12. The lowest BCUT2D eigenvalue weighted by atomic mass is 10.0. The molecule has 0 unspecified atom stereocenters. The van der Waals surface area contributed by atoms with Crippen LogP contribution in [0.25, 0.3) is 33.5 Å². The number of H-pyrrole nitrogens is 1. The number of aryl methyl sites for hydroxylation is 1. The lowest BCUT2D eigenvalue weighted by molar-refractivity contribution is 0.637. The summed E-state index contributed by atoms with van der Waals surface area (Å²) in [7, 11) is 0. The van der Waals surface area contributed by atoms with Gasteiger partial charge in [-0.2, -0.15) is 0 Å². The lowest BCUT2D eigenvalue weighted by Gasteiger charge is -2.18. The molecule has 0 bridgehead atoms. The van der Waals surface area contributed by atoms with E-state index in [1.807, 2.05) is 6.07 Å². The normalized spacial score (nSPS) is 13.3. The van der Waals surface area contributed by atoms with Crippen LogP contribution in [0.15, 0.2) is 41.3 Å². The minimum Gasteiger partial charge on any atom is -0.349 e. The number of hydrogen-bond acceptors (Lipinski definition) is 3. The van der Waals surface area contributed by atoms with Crippen molar-refractivity contribution in [2.75, 3.05) is 0 Å². The molecule has 1 N–H and O–H groups in total. The molecule has 0 aliphatic carbocycles. The third-order valence-corrected chi connectivity index (χ3v) is 4.43. The van der Waals surface area contributed by atoms with Gasteiger partial charge in [-0.05, 0) is 30.2 Å². The summed E-state index contributed by atoms with van der Waals surface area (Å²) in [6, 6.07) is 8.46. The third-order valence-electron chi connectivity index (χ3n) is 4.43. The fourth-order valence-electron chi connectivity index (χ4n) is 3.37. The quantitative estimate of drug-likeness (QED) is 0.543. The average molecular weight is 306 g/mol. The molecule has 1 aromatic carbocycles. The second kappa shape index (κ2) is 4.25. The first-order valence-electron chi connectivity index (χ1n) is 7.39.